The number of methoxy groups -OCH3 is 1. The van der Waals surface area contributed by atoms with Gasteiger partial charge in [0, 0.05) is 20.2 Å². The predicted molar refractivity (Wildman–Crippen MR) is 58.6 cm³/mol. The van der Waals surface area contributed by atoms with Crippen molar-refractivity contribution >= 4 is 12.0 Å². The summed E-state index contributed by atoms with van der Waals surface area (Å²) < 4.78 is 5.10. The van der Waals surface area contributed by atoms with Gasteiger partial charge < -0.3 is 25.2 Å². The lowest BCUT2D eigenvalue weighted by molar-refractivity contribution is -0.141. The first-order valence-corrected chi connectivity index (χ1v) is 5.44. The maximum atomic E-state index is 11.7. The largest absolute Gasteiger partial charge is 0.480 e. The summed E-state index contributed by atoms with van der Waals surface area (Å²) in [5.41, 5.74) is 0. The highest BCUT2D eigenvalue weighted by molar-refractivity contribution is 5.83. The van der Waals surface area contributed by atoms with Crippen LogP contribution in [0.1, 0.15) is 13.3 Å². The molecule has 0 radical (unpaired) electrons. The number of aliphatic hydroxyl groups excluding tert-OH is 1. The third-order valence-corrected chi connectivity index (χ3v) is 2.79. The topological polar surface area (TPSA) is 99.1 Å². The van der Waals surface area contributed by atoms with Gasteiger partial charge in [-0.25, -0.2) is 9.59 Å². The van der Waals surface area contributed by atoms with Gasteiger partial charge in [-0.15, -0.1) is 0 Å². The molecule has 1 aliphatic rings. The summed E-state index contributed by atoms with van der Waals surface area (Å²) in [6.45, 7) is 2.28. The summed E-state index contributed by atoms with van der Waals surface area (Å²) in [6.07, 6.45) is -0.413. The summed E-state index contributed by atoms with van der Waals surface area (Å²) in [7, 11) is 1.57. The second-order valence-corrected chi connectivity index (χ2v) is 4.10. The molecule has 0 bridgehead atoms. The van der Waals surface area contributed by atoms with Gasteiger partial charge in [-0.3, -0.25) is 0 Å². The van der Waals surface area contributed by atoms with E-state index in [9.17, 15) is 14.7 Å². The number of aliphatic hydroxyl groups is 1. The minimum Gasteiger partial charge on any atom is -0.480 e. The number of urea groups is 1. The Morgan fingerprint density at radius 3 is 2.59 bits per heavy atom. The molecule has 3 N–H and O–H groups in total. The molecule has 1 aliphatic heterocycles. The van der Waals surface area contributed by atoms with E-state index >= 15 is 0 Å². The minimum atomic E-state index is -1.29. The van der Waals surface area contributed by atoms with E-state index in [-0.39, 0.29) is 6.10 Å². The van der Waals surface area contributed by atoms with Crippen molar-refractivity contribution in [1.29, 1.82) is 0 Å². The molecule has 1 rings (SSSR count). The van der Waals surface area contributed by atoms with E-state index in [1.807, 2.05) is 0 Å². The van der Waals surface area contributed by atoms with E-state index in [2.05, 4.69) is 5.32 Å². The van der Waals surface area contributed by atoms with Crippen LogP contribution in [0.4, 0.5) is 4.79 Å². The Morgan fingerprint density at radius 1 is 1.53 bits per heavy atom. The zero-order valence-corrected chi connectivity index (χ0v) is 9.92. The summed E-state index contributed by atoms with van der Waals surface area (Å²) in [5, 5.41) is 20.3. The van der Waals surface area contributed by atoms with Gasteiger partial charge in [0.25, 0.3) is 0 Å². The monoisotopic (exact) mass is 246 g/mol. The second-order valence-electron chi connectivity index (χ2n) is 4.10. The maximum Gasteiger partial charge on any atom is 0.328 e. The number of nitrogens with zero attached hydrogens (tertiary/aromatic N) is 1. The van der Waals surface area contributed by atoms with E-state index in [0.29, 0.717) is 13.1 Å². The van der Waals surface area contributed by atoms with E-state index in [0.717, 1.165) is 6.42 Å². The van der Waals surface area contributed by atoms with Gasteiger partial charge in [0.15, 0.2) is 6.04 Å². The van der Waals surface area contributed by atoms with Crippen molar-refractivity contribution in [1.82, 2.24) is 10.2 Å². The van der Waals surface area contributed by atoms with Crippen molar-refractivity contribution in [2.75, 3.05) is 20.2 Å². The fourth-order valence-electron chi connectivity index (χ4n) is 1.72. The first-order valence-electron chi connectivity index (χ1n) is 5.44. The number of carbonyl (C=O) groups is 2. The van der Waals surface area contributed by atoms with E-state index in [4.69, 9.17) is 9.84 Å². The number of aliphatic carboxylic acids is 1. The average Bonchev–Trinajstić information content (AvgIpc) is 2.73. The number of carboxylic acids is 1. The van der Waals surface area contributed by atoms with Crippen molar-refractivity contribution in [2.45, 2.75) is 31.6 Å². The summed E-state index contributed by atoms with van der Waals surface area (Å²) in [4.78, 5) is 24.0. The molecule has 0 saturated carbocycles. The molecule has 2 amide bonds. The minimum absolute atomic E-state index is 0.00409. The maximum absolute atomic E-state index is 11.7. The molecule has 0 aliphatic carbocycles. The Balaban J connectivity index is 2.51. The Hall–Kier alpha value is -1.34. The molecular weight excluding hydrogens is 228 g/mol. The van der Waals surface area contributed by atoms with Gasteiger partial charge in [0.1, 0.15) is 0 Å². The molecule has 0 aromatic carbocycles. The Labute approximate surface area is 99.4 Å². The number of carbonyl (C=O) groups excluding carboxylic acids is 1. The van der Waals surface area contributed by atoms with Crippen LogP contribution < -0.4 is 5.32 Å². The number of ether oxygens (including phenoxy) is 1. The lowest BCUT2D eigenvalue weighted by atomic mass is 10.2. The quantitative estimate of drug-likeness (QED) is 0.606. The van der Waals surface area contributed by atoms with Gasteiger partial charge in [-0.05, 0) is 13.3 Å². The van der Waals surface area contributed by atoms with Crippen molar-refractivity contribution < 1.29 is 24.5 Å². The molecular formula is C10H18N2O5. The lowest BCUT2D eigenvalue weighted by Crippen LogP contribution is -2.52. The SMILES string of the molecule is COC1CCN(C(=O)N[C@H](C(=O)O)[C@@H](C)O)C1. The average molecular weight is 246 g/mol. The van der Waals surface area contributed by atoms with Gasteiger partial charge in [-0.2, -0.15) is 0 Å². The van der Waals surface area contributed by atoms with Crippen molar-refractivity contribution in [3.8, 4) is 0 Å². The van der Waals surface area contributed by atoms with E-state index in [1.165, 1.54) is 11.8 Å². The Morgan fingerprint density at radius 2 is 2.18 bits per heavy atom. The summed E-state index contributed by atoms with van der Waals surface area (Å²) in [6, 6.07) is -1.78. The predicted octanol–water partition coefficient (Wildman–Crippen LogP) is -0.749. The molecule has 0 aromatic rings. The van der Waals surface area contributed by atoms with Gasteiger partial charge in [-0.1, -0.05) is 0 Å². The van der Waals surface area contributed by atoms with Gasteiger partial charge in [0.2, 0.25) is 0 Å². The molecule has 17 heavy (non-hydrogen) atoms. The fraction of sp³-hybridized carbons (Fsp3) is 0.800. The number of nitrogens with one attached hydrogen (secondary N) is 1. The highest BCUT2D eigenvalue weighted by Crippen LogP contribution is 2.12. The first kappa shape index (κ1) is 13.7. The smallest absolute Gasteiger partial charge is 0.328 e. The molecule has 1 fully saturated rings. The third kappa shape index (κ3) is 3.57. The standard InChI is InChI=1S/C10H18N2O5/c1-6(13)8(9(14)15)11-10(16)12-4-3-7(5-12)17-2/h6-8,13H,3-5H2,1-2H3,(H,11,16)(H,14,15)/t6-,7?,8+/m1/s1. The van der Waals surface area contributed by atoms with Gasteiger partial charge in [0.05, 0.1) is 12.2 Å². The van der Waals surface area contributed by atoms with Crippen molar-refractivity contribution in [3.05, 3.63) is 0 Å². The molecule has 1 saturated heterocycles. The number of rotatable bonds is 4. The van der Waals surface area contributed by atoms with Crippen LogP contribution in [0, 0.1) is 0 Å². The number of hydrogen-bond donors (Lipinski definition) is 3. The molecule has 0 spiro atoms. The summed E-state index contributed by atoms with van der Waals surface area (Å²) >= 11 is 0. The highest BCUT2D eigenvalue weighted by Gasteiger charge is 2.30. The molecule has 3 atom stereocenters. The normalized spacial score (nSPS) is 23.2. The van der Waals surface area contributed by atoms with Crippen molar-refractivity contribution in [3.63, 3.8) is 0 Å². The van der Waals surface area contributed by atoms with Crippen LogP contribution in [-0.2, 0) is 9.53 Å². The molecule has 1 heterocycles. The number of carboxylic acid groups (broad SMARTS) is 1. The highest BCUT2D eigenvalue weighted by atomic mass is 16.5. The van der Waals surface area contributed by atoms with Crippen LogP contribution in [0.25, 0.3) is 0 Å². The van der Waals surface area contributed by atoms with Crippen LogP contribution >= 0.6 is 0 Å². The summed E-state index contributed by atoms with van der Waals surface area (Å²) in [5.74, 6) is -1.25. The van der Waals surface area contributed by atoms with Crippen molar-refractivity contribution in [2.24, 2.45) is 0 Å². The Bertz CT molecular complexity index is 294. The molecule has 7 nitrogen and oxygen atoms in total. The van der Waals surface area contributed by atoms with Crippen LogP contribution in [0.5, 0.6) is 0 Å². The first-order chi connectivity index (χ1) is 7.95. The van der Waals surface area contributed by atoms with E-state index in [1.54, 1.807) is 7.11 Å². The lowest BCUT2D eigenvalue weighted by Gasteiger charge is -2.22. The second kappa shape index (κ2) is 5.83. The molecule has 1 unspecified atom stereocenters. The third-order valence-electron chi connectivity index (χ3n) is 2.79. The number of amides is 2. The van der Waals surface area contributed by atoms with Gasteiger partial charge >= 0.3 is 12.0 Å². The Kier molecular flexibility index (Phi) is 4.71. The fourth-order valence-corrected chi connectivity index (χ4v) is 1.72. The molecule has 98 valence electrons. The van der Waals surface area contributed by atoms with Crippen LogP contribution in [0.15, 0.2) is 0 Å². The van der Waals surface area contributed by atoms with Crippen LogP contribution in [0.3, 0.4) is 0 Å². The number of likely N-dealkylation sites (tertiary alicyclic amines) is 1. The molecule has 7 heteroatoms. The van der Waals surface area contributed by atoms with E-state index < -0.39 is 24.1 Å². The molecule has 0 aromatic heterocycles. The zero-order valence-electron chi connectivity index (χ0n) is 9.92. The zero-order chi connectivity index (χ0) is 13.0. The van der Waals surface area contributed by atoms with Crippen LogP contribution in [0.2, 0.25) is 0 Å². The number of hydrogen-bond acceptors (Lipinski definition) is 4. The van der Waals surface area contributed by atoms with Crippen LogP contribution in [-0.4, -0.2) is 65.6 Å².